The monoisotopic (exact) mass is 342 g/mol. The second-order valence-corrected chi connectivity index (χ2v) is 6.96. The number of benzene rings is 1. The molecule has 8 nitrogen and oxygen atoms in total. The van der Waals surface area contributed by atoms with Gasteiger partial charge in [0, 0.05) is 6.04 Å². The molecule has 0 aromatic heterocycles. The van der Waals surface area contributed by atoms with E-state index in [1.165, 1.54) is 25.3 Å². The van der Waals surface area contributed by atoms with Gasteiger partial charge in [-0.3, -0.25) is 14.5 Å². The van der Waals surface area contributed by atoms with Crippen LogP contribution in [0.5, 0.6) is 5.75 Å². The number of ether oxygens (including phenoxy) is 2. The van der Waals surface area contributed by atoms with E-state index in [-0.39, 0.29) is 29.8 Å². The summed E-state index contributed by atoms with van der Waals surface area (Å²) in [5.41, 5.74) is 0.221. The Morgan fingerprint density at radius 3 is 2.74 bits per heavy atom. The molecule has 0 atom stereocenters. The maximum atomic E-state index is 12.2. The molecular weight excluding hydrogens is 324 g/mol. The van der Waals surface area contributed by atoms with E-state index in [0.717, 1.165) is 4.90 Å². The van der Waals surface area contributed by atoms with Gasteiger partial charge < -0.3 is 9.47 Å². The molecule has 1 aromatic rings. The number of nitrogens with zero attached hydrogens (tertiary/aromatic N) is 1. The van der Waals surface area contributed by atoms with Gasteiger partial charge >= 0.3 is 5.97 Å². The van der Waals surface area contributed by atoms with Gasteiger partial charge in [-0.15, -0.1) is 0 Å². The van der Waals surface area contributed by atoms with Crippen LogP contribution in [-0.2, 0) is 24.3 Å². The third-order valence-corrected chi connectivity index (χ3v) is 4.75. The fourth-order valence-electron chi connectivity index (χ4n) is 2.09. The molecule has 1 aromatic carbocycles. The zero-order valence-electron chi connectivity index (χ0n) is 13.0. The molecule has 0 saturated carbocycles. The summed E-state index contributed by atoms with van der Waals surface area (Å²) in [4.78, 5) is 24.6. The Bertz CT molecular complexity index is 729. The van der Waals surface area contributed by atoms with Gasteiger partial charge in [0.05, 0.1) is 17.7 Å². The smallest absolute Gasteiger partial charge is 0.325 e. The normalized spacial score (nSPS) is 14.4. The van der Waals surface area contributed by atoms with Crippen LogP contribution in [0.15, 0.2) is 23.1 Å². The van der Waals surface area contributed by atoms with Crippen molar-refractivity contribution in [2.45, 2.75) is 24.8 Å². The van der Waals surface area contributed by atoms with E-state index in [4.69, 9.17) is 4.74 Å². The fraction of sp³-hybridized carbons (Fsp3) is 0.429. The van der Waals surface area contributed by atoms with E-state index >= 15 is 0 Å². The molecule has 0 unspecified atom stereocenters. The second kappa shape index (κ2) is 6.55. The predicted molar refractivity (Wildman–Crippen MR) is 81.8 cm³/mol. The van der Waals surface area contributed by atoms with Crippen molar-refractivity contribution in [3.8, 4) is 5.75 Å². The molecule has 9 heteroatoms. The summed E-state index contributed by atoms with van der Waals surface area (Å²) in [7, 11) is -2.52. The summed E-state index contributed by atoms with van der Waals surface area (Å²) in [6.45, 7) is 2.87. The largest absolute Gasteiger partial charge is 0.482 e. The zero-order valence-corrected chi connectivity index (χ0v) is 13.8. The Morgan fingerprint density at radius 2 is 2.13 bits per heavy atom. The number of nitrogens with one attached hydrogen (secondary N) is 1. The fourth-order valence-corrected chi connectivity index (χ4v) is 3.37. The second-order valence-electron chi connectivity index (χ2n) is 5.25. The van der Waals surface area contributed by atoms with Crippen LogP contribution in [0.25, 0.3) is 0 Å². The predicted octanol–water partition coefficient (Wildman–Crippen LogP) is 0.272. The van der Waals surface area contributed by atoms with Crippen molar-refractivity contribution in [2.24, 2.45) is 0 Å². The number of hydrogen-bond acceptors (Lipinski definition) is 6. The number of amides is 1. The molecule has 23 heavy (non-hydrogen) atoms. The molecular formula is C14H18N2O6S. The number of fused-ring (bicyclic) bond motifs is 1. The molecule has 0 spiro atoms. The van der Waals surface area contributed by atoms with Crippen LogP contribution in [0.1, 0.15) is 13.8 Å². The summed E-state index contributed by atoms with van der Waals surface area (Å²) in [6, 6.07) is 3.87. The highest BCUT2D eigenvalue weighted by Gasteiger charge is 2.29. The van der Waals surface area contributed by atoms with Gasteiger partial charge in [0.15, 0.2) is 6.61 Å². The Labute approximate surface area is 134 Å². The zero-order chi connectivity index (χ0) is 17.2. The van der Waals surface area contributed by atoms with Gasteiger partial charge in [0.2, 0.25) is 10.0 Å². The lowest BCUT2D eigenvalue weighted by Gasteiger charge is -2.28. The van der Waals surface area contributed by atoms with Gasteiger partial charge in [-0.1, -0.05) is 0 Å². The number of anilines is 1. The van der Waals surface area contributed by atoms with Crippen molar-refractivity contribution in [3.63, 3.8) is 0 Å². The first kappa shape index (κ1) is 17.2. The van der Waals surface area contributed by atoms with Gasteiger partial charge in [-0.05, 0) is 32.0 Å². The van der Waals surface area contributed by atoms with Crippen molar-refractivity contribution < 1.29 is 27.5 Å². The SMILES string of the molecule is COC(=O)CN1C(=O)COc2ccc(S(=O)(=O)NC(C)C)cc21. The lowest BCUT2D eigenvalue weighted by atomic mass is 10.2. The molecule has 2 rings (SSSR count). The third-order valence-electron chi connectivity index (χ3n) is 3.09. The first-order valence-corrected chi connectivity index (χ1v) is 8.39. The van der Waals surface area contributed by atoms with Gasteiger partial charge in [0.25, 0.3) is 5.91 Å². The number of rotatable bonds is 5. The van der Waals surface area contributed by atoms with E-state index in [1.807, 2.05) is 0 Å². The average Bonchev–Trinajstić information content (AvgIpc) is 2.48. The highest BCUT2D eigenvalue weighted by atomic mass is 32.2. The van der Waals surface area contributed by atoms with Crippen LogP contribution in [0.4, 0.5) is 5.69 Å². The van der Waals surface area contributed by atoms with E-state index in [9.17, 15) is 18.0 Å². The quantitative estimate of drug-likeness (QED) is 0.771. The maximum absolute atomic E-state index is 12.2. The highest BCUT2D eigenvalue weighted by molar-refractivity contribution is 7.89. The summed E-state index contributed by atoms with van der Waals surface area (Å²) in [5.74, 6) is -0.731. The average molecular weight is 342 g/mol. The number of methoxy groups -OCH3 is 1. The minimum absolute atomic E-state index is 0.0156. The lowest BCUT2D eigenvalue weighted by molar-refractivity contribution is -0.140. The summed E-state index contributed by atoms with van der Waals surface area (Å²) in [6.07, 6.45) is 0. The molecule has 0 saturated heterocycles. The van der Waals surface area contributed by atoms with Gasteiger partial charge in [0.1, 0.15) is 12.3 Å². The van der Waals surface area contributed by atoms with E-state index < -0.39 is 21.9 Å². The molecule has 1 aliphatic heterocycles. The molecule has 1 aliphatic rings. The first-order valence-electron chi connectivity index (χ1n) is 6.91. The summed E-state index contributed by atoms with van der Waals surface area (Å²) >= 11 is 0. The van der Waals surface area contributed by atoms with Gasteiger partial charge in [-0.25, -0.2) is 13.1 Å². The van der Waals surface area contributed by atoms with Crippen molar-refractivity contribution in [1.29, 1.82) is 0 Å². The molecule has 1 heterocycles. The van der Waals surface area contributed by atoms with E-state index in [0.29, 0.717) is 5.75 Å². The van der Waals surface area contributed by atoms with Crippen LogP contribution in [0.3, 0.4) is 0 Å². The van der Waals surface area contributed by atoms with E-state index in [1.54, 1.807) is 13.8 Å². The van der Waals surface area contributed by atoms with Crippen LogP contribution in [-0.4, -0.2) is 46.6 Å². The Hall–Kier alpha value is -2.13. The van der Waals surface area contributed by atoms with Crippen LogP contribution < -0.4 is 14.4 Å². The molecule has 1 amide bonds. The molecule has 126 valence electrons. The minimum atomic E-state index is -3.73. The van der Waals surface area contributed by atoms with Crippen LogP contribution in [0.2, 0.25) is 0 Å². The van der Waals surface area contributed by atoms with E-state index in [2.05, 4.69) is 9.46 Å². The molecule has 1 N–H and O–H groups in total. The Morgan fingerprint density at radius 1 is 1.43 bits per heavy atom. The van der Waals surface area contributed by atoms with Crippen LogP contribution in [0, 0.1) is 0 Å². The lowest BCUT2D eigenvalue weighted by Crippen LogP contribution is -2.42. The van der Waals surface area contributed by atoms with Crippen molar-refractivity contribution in [1.82, 2.24) is 4.72 Å². The minimum Gasteiger partial charge on any atom is -0.482 e. The van der Waals surface area contributed by atoms with Crippen molar-refractivity contribution in [3.05, 3.63) is 18.2 Å². The Kier molecular flexibility index (Phi) is 4.90. The number of hydrogen-bond donors (Lipinski definition) is 1. The number of carbonyl (C=O) groups is 2. The van der Waals surface area contributed by atoms with Gasteiger partial charge in [-0.2, -0.15) is 0 Å². The number of esters is 1. The molecule has 0 fully saturated rings. The first-order chi connectivity index (χ1) is 10.7. The summed E-state index contributed by atoms with van der Waals surface area (Å²) < 4.78 is 36.8. The maximum Gasteiger partial charge on any atom is 0.325 e. The molecule has 0 bridgehead atoms. The van der Waals surface area contributed by atoms with Crippen LogP contribution >= 0.6 is 0 Å². The third kappa shape index (κ3) is 3.80. The van der Waals surface area contributed by atoms with Crippen molar-refractivity contribution in [2.75, 3.05) is 25.2 Å². The number of carbonyl (C=O) groups excluding carboxylic acids is 2. The highest BCUT2D eigenvalue weighted by Crippen LogP contribution is 2.34. The molecule has 0 radical (unpaired) electrons. The summed E-state index contributed by atoms with van der Waals surface area (Å²) in [5, 5.41) is 0. The number of sulfonamides is 1. The van der Waals surface area contributed by atoms with Crippen molar-refractivity contribution >= 4 is 27.6 Å². The Balaban J connectivity index is 2.43. The topological polar surface area (TPSA) is 102 Å². The molecule has 0 aliphatic carbocycles. The standard InChI is InChI=1S/C14H18N2O6S/c1-9(2)15-23(19,20)10-4-5-12-11(6-10)16(7-14(18)21-3)13(17)8-22-12/h4-6,9,15H,7-8H2,1-3H3.